The minimum absolute atomic E-state index is 0.326. The molecule has 1 aliphatic rings. The Balaban J connectivity index is 1.93. The lowest BCUT2D eigenvalue weighted by Gasteiger charge is -2.30. The van der Waals surface area contributed by atoms with Crippen molar-refractivity contribution in [3.05, 3.63) is 46.1 Å². The van der Waals surface area contributed by atoms with Crippen LogP contribution in [0.5, 0.6) is 11.6 Å². The molecule has 6 nitrogen and oxygen atoms in total. The number of aromatic nitrogens is 1. The first-order valence-electron chi connectivity index (χ1n) is 7.62. The van der Waals surface area contributed by atoms with E-state index in [0.29, 0.717) is 59.2 Å². The molecule has 2 aromatic rings. The number of halogens is 2. The molecule has 1 saturated heterocycles. The Hall–Kier alpha value is -2.02. The van der Waals surface area contributed by atoms with Gasteiger partial charge in [-0.1, -0.05) is 23.2 Å². The number of rotatable bonds is 4. The smallest absolute Gasteiger partial charge is 0.341 e. The van der Waals surface area contributed by atoms with Crippen molar-refractivity contribution in [3.63, 3.8) is 0 Å². The van der Waals surface area contributed by atoms with Crippen molar-refractivity contribution >= 4 is 34.9 Å². The van der Waals surface area contributed by atoms with Gasteiger partial charge in [-0.25, -0.2) is 9.78 Å². The highest BCUT2D eigenvalue weighted by Gasteiger charge is 2.21. The molecule has 132 valence electrons. The van der Waals surface area contributed by atoms with Gasteiger partial charge in [-0.15, -0.1) is 0 Å². The summed E-state index contributed by atoms with van der Waals surface area (Å²) >= 11 is 12.0. The van der Waals surface area contributed by atoms with E-state index >= 15 is 0 Å². The van der Waals surface area contributed by atoms with Crippen LogP contribution >= 0.6 is 23.2 Å². The van der Waals surface area contributed by atoms with Gasteiger partial charge in [-0.3, -0.25) is 0 Å². The van der Waals surface area contributed by atoms with Gasteiger partial charge >= 0.3 is 5.97 Å². The molecule has 0 spiro atoms. The summed E-state index contributed by atoms with van der Waals surface area (Å²) in [5.41, 5.74) is 1.06. The third-order valence-electron chi connectivity index (χ3n) is 3.67. The average molecular weight is 383 g/mol. The zero-order chi connectivity index (χ0) is 17.8. The first kappa shape index (κ1) is 17.8. The molecule has 0 saturated carbocycles. The minimum Gasteiger partial charge on any atom is -0.465 e. The van der Waals surface area contributed by atoms with E-state index in [9.17, 15) is 4.79 Å². The summed E-state index contributed by atoms with van der Waals surface area (Å²) in [6, 6.07) is 6.59. The van der Waals surface area contributed by atoms with Crippen LogP contribution in [0.3, 0.4) is 0 Å². The number of carbonyl (C=O) groups excluding carboxylic acids is 1. The largest absolute Gasteiger partial charge is 0.465 e. The van der Waals surface area contributed by atoms with Crippen molar-refractivity contribution in [1.29, 1.82) is 0 Å². The summed E-state index contributed by atoms with van der Waals surface area (Å²) in [6.07, 6.45) is 1.44. The van der Waals surface area contributed by atoms with Crippen LogP contribution in [0.1, 0.15) is 10.4 Å². The van der Waals surface area contributed by atoms with Gasteiger partial charge in [-0.05, 0) is 18.2 Å². The minimum atomic E-state index is -0.452. The molecule has 2 heterocycles. The number of methoxy groups -OCH3 is 1. The Bertz CT molecular complexity index is 759. The maximum atomic E-state index is 12.0. The second kappa shape index (κ2) is 7.91. The van der Waals surface area contributed by atoms with E-state index in [0.717, 1.165) is 0 Å². The lowest BCUT2D eigenvalue weighted by Crippen LogP contribution is -2.37. The third kappa shape index (κ3) is 4.34. The molecule has 0 amide bonds. The topological polar surface area (TPSA) is 60.9 Å². The van der Waals surface area contributed by atoms with Gasteiger partial charge in [0.1, 0.15) is 11.3 Å². The number of anilines is 1. The summed E-state index contributed by atoms with van der Waals surface area (Å²) in [5.74, 6) is 0.336. The number of esters is 1. The standard InChI is InChI=1S/C17H16Cl2N2O4/c1-23-17(22)14-10-20-16(9-15(14)21-2-4-24-5-3-21)25-13-7-11(18)6-12(19)8-13/h6-10H,2-5H2,1H3. The molecule has 25 heavy (non-hydrogen) atoms. The molecule has 1 aliphatic heterocycles. The third-order valence-corrected chi connectivity index (χ3v) is 4.11. The van der Waals surface area contributed by atoms with Crippen molar-refractivity contribution in [3.8, 4) is 11.6 Å². The number of ether oxygens (including phenoxy) is 3. The predicted octanol–water partition coefficient (Wildman–Crippen LogP) is 3.80. The molecule has 1 fully saturated rings. The second-order valence-electron chi connectivity index (χ2n) is 5.34. The van der Waals surface area contributed by atoms with Gasteiger partial charge in [0.2, 0.25) is 5.88 Å². The van der Waals surface area contributed by atoms with Crippen LogP contribution in [0, 0.1) is 0 Å². The number of pyridine rings is 1. The van der Waals surface area contributed by atoms with Gasteiger partial charge in [-0.2, -0.15) is 0 Å². The Morgan fingerprint density at radius 1 is 1.16 bits per heavy atom. The molecule has 8 heteroatoms. The molecular formula is C17H16Cl2N2O4. The van der Waals surface area contributed by atoms with Crippen LogP contribution in [0.4, 0.5) is 5.69 Å². The van der Waals surface area contributed by atoms with Crippen LogP contribution in [0.15, 0.2) is 30.5 Å². The summed E-state index contributed by atoms with van der Waals surface area (Å²) in [4.78, 5) is 18.3. The van der Waals surface area contributed by atoms with Crippen LogP contribution in [0.2, 0.25) is 10.0 Å². The fourth-order valence-corrected chi connectivity index (χ4v) is 3.03. The highest BCUT2D eigenvalue weighted by molar-refractivity contribution is 6.34. The maximum Gasteiger partial charge on any atom is 0.341 e. The molecule has 0 bridgehead atoms. The summed E-state index contributed by atoms with van der Waals surface area (Å²) in [7, 11) is 1.34. The highest BCUT2D eigenvalue weighted by atomic mass is 35.5. The normalized spacial score (nSPS) is 14.3. The lowest BCUT2D eigenvalue weighted by molar-refractivity contribution is 0.0600. The fourth-order valence-electron chi connectivity index (χ4n) is 2.52. The van der Waals surface area contributed by atoms with Crippen LogP contribution in [-0.4, -0.2) is 44.4 Å². The van der Waals surface area contributed by atoms with Crippen molar-refractivity contribution in [2.45, 2.75) is 0 Å². The van der Waals surface area contributed by atoms with Crippen LogP contribution in [-0.2, 0) is 9.47 Å². The Morgan fingerprint density at radius 3 is 2.48 bits per heavy atom. The Labute approximate surface area is 155 Å². The van der Waals surface area contributed by atoms with E-state index in [-0.39, 0.29) is 0 Å². The van der Waals surface area contributed by atoms with Gasteiger partial charge in [0.25, 0.3) is 0 Å². The molecule has 0 aliphatic carbocycles. The first-order valence-corrected chi connectivity index (χ1v) is 8.37. The zero-order valence-corrected chi connectivity index (χ0v) is 15.0. The molecule has 3 rings (SSSR count). The van der Waals surface area contributed by atoms with E-state index in [1.807, 2.05) is 4.90 Å². The number of nitrogens with zero attached hydrogens (tertiary/aromatic N) is 2. The fraction of sp³-hybridized carbons (Fsp3) is 0.294. The Kier molecular flexibility index (Phi) is 5.63. The van der Waals surface area contributed by atoms with Crippen molar-refractivity contribution < 1.29 is 19.0 Å². The van der Waals surface area contributed by atoms with E-state index in [4.69, 9.17) is 37.4 Å². The number of hydrogen-bond donors (Lipinski definition) is 0. The molecule has 0 radical (unpaired) electrons. The number of benzene rings is 1. The summed E-state index contributed by atoms with van der Waals surface area (Å²) in [6.45, 7) is 2.50. The Morgan fingerprint density at radius 2 is 1.84 bits per heavy atom. The van der Waals surface area contributed by atoms with Crippen molar-refractivity contribution in [1.82, 2.24) is 4.98 Å². The SMILES string of the molecule is COC(=O)c1cnc(Oc2cc(Cl)cc(Cl)c2)cc1N1CCOCC1. The quantitative estimate of drug-likeness (QED) is 0.749. The van der Waals surface area contributed by atoms with Crippen LogP contribution in [0.25, 0.3) is 0 Å². The molecule has 0 N–H and O–H groups in total. The lowest BCUT2D eigenvalue weighted by atomic mass is 10.2. The van der Waals surface area contributed by atoms with E-state index in [1.165, 1.54) is 13.3 Å². The molecule has 0 unspecified atom stereocenters. The molecule has 1 aromatic heterocycles. The highest BCUT2D eigenvalue weighted by Crippen LogP contribution is 2.31. The van der Waals surface area contributed by atoms with Crippen molar-refractivity contribution in [2.24, 2.45) is 0 Å². The molecule has 1 aromatic carbocycles. The molecule has 0 atom stereocenters. The maximum absolute atomic E-state index is 12.0. The average Bonchev–Trinajstić information content (AvgIpc) is 2.61. The van der Waals surface area contributed by atoms with E-state index < -0.39 is 5.97 Å². The monoisotopic (exact) mass is 382 g/mol. The van der Waals surface area contributed by atoms with E-state index in [2.05, 4.69) is 4.98 Å². The second-order valence-corrected chi connectivity index (χ2v) is 6.21. The van der Waals surface area contributed by atoms with Crippen LogP contribution < -0.4 is 9.64 Å². The van der Waals surface area contributed by atoms with Gasteiger partial charge in [0, 0.05) is 35.4 Å². The van der Waals surface area contributed by atoms with Crippen molar-refractivity contribution in [2.75, 3.05) is 38.3 Å². The summed E-state index contributed by atoms with van der Waals surface area (Å²) < 4.78 is 16.0. The van der Waals surface area contributed by atoms with E-state index in [1.54, 1.807) is 24.3 Å². The predicted molar refractivity (Wildman–Crippen MR) is 95.1 cm³/mol. The first-order chi connectivity index (χ1) is 12.1. The van der Waals surface area contributed by atoms with Gasteiger partial charge in [0.15, 0.2) is 0 Å². The number of carbonyl (C=O) groups is 1. The zero-order valence-electron chi connectivity index (χ0n) is 13.5. The summed E-state index contributed by atoms with van der Waals surface area (Å²) in [5, 5.41) is 0.921. The number of hydrogen-bond acceptors (Lipinski definition) is 6. The molecular weight excluding hydrogens is 367 g/mol. The number of morpholine rings is 1. The van der Waals surface area contributed by atoms with Gasteiger partial charge in [0.05, 0.1) is 26.0 Å². The van der Waals surface area contributed by atoms with Gasteiger partial charge < -0.3 is 19.1 Å².